The molecule has 2 rings (SSSR count). The second kappa shape index (κ2) is 6.83. The third kappa shape index (κ3) is 3.30. The number of hydrogen-bond donors (Lipinski definition) is 1. The van der Waals surface area contributed by atoms with Crippen LogP contribution < -0.4 is 10.1 Å². The topological polar surface area (TPSA) is 30.5 Å². The van der Waals surface area contributed by atoms with E-state index in [9.17, 15) is 8.78 Å². The van der Waals surface area contributed by atoms with E-state index in [1.807, 2.05) is 0 Å². The summed E-state index contributed by atoms with van der Waals surface area (Å²) in [4.78, 5) is 0. The summed E-state index contributed by atoms with van der Waals surface area (Å²) in [6, 6.07) is 2.70. The van der Waals surface area contributed by atoms with Crippen LogP contribution in [0.15, 0.2) is 16.6 Å². The molecule has 3 nitrogen and oxygen atoms in total. The Labute approximate surface area is 125 Å². The molecule has 1 aliphatic rings. The van der Waals surface area contributed by atoms with Gasteiger partial charge in [0.1, 0.15) is 12.2 Å². The van der Waals surface area contributed by atoms with Crippen molar-refractivity contribution in [3.63, 3.8) is 0 Å². The molecule has 0 bridgehead atoms. The van der Waals surface area contributed by atoms with Crippen LogP contribution in [0.1, 0.15) is 19.8 Å². The molecule has 20 heavy (non-hydrogen) atoms. The predicted octanol–water partition coefficient (Wildman–Crippen LogP) is 3.26. The Balaban J connectivity index is 2.01. The second-order valence-corrected chi connectivity index (χ2v) is 5.77. The van der Waals surface area contributed by atoms with Crippen LogP contribution in [0.3, 0.4) is 0 Å². The summed E-state index contributed by atoms with van der Waals surface area (Å²) >= 11 is 3.12. The molecule has 1 aromatic carbocycles. The summed E-state index contributed by atoms with van der Waals surface area (Å²) in [7, 11) is 1.60. The number of rotatable bonds is 6. The molecule has 0 aliphatic heterocycles. The Morgan fingerprint density at radius 2 is 2.15 bits per heavy atom. The van der Waals surface area contributed by atoms with Crippen molar-refractivity contribution in [1.82, 2.24) is 5.32 Å². The molecule has 6 heteroatoms. The Hall–Kier alpha value is -0.720. The van der Waals surface area contributed by atoms with Crippen LogP contribution in [-0.4, -0.2) is 31.9 Å². The summed E-state index contributed by atoms with van der Waals surface area (Å²) in [5.41, 5.74) is 0. The van der Waals surface area contributed by atoms with Gasteiger partial charge in [-0.1, -0.05) is 22.9 Å². The molecule has 0 aromatic heterocycles. The summed E-state index contributed by atoms with van der Waals surface area (Å²) in [6.45, 7) is 2.98. The van der Waals surface area contributed by atoms with Crippen LogP contribution >= 0.6 is 15.9 Å². The number of hydrogen-bond acceptors (Lipinski definition) is 3. The minimum absolute atomic E-state index is 0.0853. The van der Waals surface area contributed by atoms with Gasteiger partial charge in [-0.15, -0.1) is 0 Å². The molecule has 0 amide bonds. The van der Waals surface area contributed by atoms with E-state index in [0.29, 0.717) is 10.9 Å². The lowest BCUT2D eigenvalue weighted by Crippen LogP contribution is -2.61. The summed E-state index contributed by atoms with van der Waals surface area (Å²) in [6.07, 6.45) is 1.33. The minimum Gasteiger partial charge on any atom is -0.484 e. The van der Waals surface area contributed by atoms with Crippen molar-refractivity contribution in [3.05, 3.63) is 28.2 Å². The van der Waals surface area contributed by atoms with Crippen molar-refractivity contribution < 1.29 is 18.3 Å². The monoisotopic (exact) mass is 349 g/mol. The van der Waals surface area contributed by atoms with Gasteiger partial charge in [-0.05, 0) is 25.1 Å². The zero-order valence-corrected chi connectivity index (χ0v) is 13.0. The molecule has 112 valence electrons. The number of halogens is 3. The highest BCUT2D eigenvalue weighted by Crippen LogP contribution is 2.32. The van der Waals surface area contributed by atoms with E-state index in [1.165, 1.54) is 6.07 Å². The molecule has 0 spiro atoms. The van der Waals surface area contributed by atoms with Gasteiger partial charge in [0.25, 0.3) is 0 Å². The highest BCUT2D eigenvalue weighted by atomic mass is 79.9. The fourth-order valence-corrected chi connectivity index (χ4v) is 2.73. The summed E-state index contributed by atoms with van der Waals surface area (Å²) in [5, 5.41) is 3.34. The number of methoxy groups -OCH3 is 1. The Morgan fingerprint density at radius 1 is 1.40 bits per heavy atom. The third-order valence-corrected chi connectivity index (χ3v) is 3.87. The largest absolute Gasteiger partial charge is 0.484 e. The lowest BCUT2D eigenvalue weighted by Gasteiger charge is -2.43. The first-order valence-electron chi connectivity index (χ1n) is 6.64. The maximum Gasteiger partial charge on any atom is 0.200 e. The molecule has 0 radical (unpaired) electrons. The van der Waals surface area contributed by atoms with Gasteiger partial charge < -0.3 is 14.8 Å². The normalized spacial score (nSPS) is 25.4. The highest BCUT2D eigenvalue weighted by Gasteiger charge is 2.43. The first-order valence-corrected chi connectivity index (χ1v) is 7.43. The highest BCUT2D eigenvalue weighted by molar-refractivity contribution is 9.10. The first kappa shape index (κ1) is 15.7. The van der Waals surface area contributed by atoms with E-state index in [-0.39, 0.29) is 24.0 Å². The maximum atomic E-state index is 13.7. The Kier molecular flexibility index (Phi) is 5.35. The van der Waals surface area contributed by atoms with Crippen molar-refractivity contribution >= 4 is 15.9 Å². The average molecular weight is 350 g/mol. The van der Waals surface area contributed by atoms with Crippen LogP contribution in [0.25, 0.3) is 0 Å². The Bertz CT molecular complexity index is 473. The van der Waals surface area contributed by atoms with Gasteiger partial charge in [-0.3, -0.25) is 0 Å². The average Bonchev–Trinajstić information content (AvgIpc) is 2.38. The van der Waals surface area contributed by atoms with Crippen molar-refractivity contribution in [2.24, 2.45) is 0 Å². The smallest absolute Gasteiger partial charge is 0.200 e. The van der Waals surface area contributed by atoms with E-state index >= 15 is 0 Å². The molecular formula is C14H18BrF2NO2. The number of nitrogens with one attached hydrogen (secondary N) is 1. The van der Waals surface area contributed by atoms with Crippen LogP contribution in [0.2, 0.25) is 0 Å². The van der Waals surface area contributed by atoms with E-state index in [0.717, 1.165) is 19.0 Å². The van der Waals surface area contributed by atoms with Crippen molar-refractivity contribution in [2.45, 2.75) is 38.0 Å². The van der Waals surface area contributed by atoms with Gasteiger partial charge in [0, 0.05) is 24.0 Å². The molecular weight excluding hydrogens is 332 g/mol. The van der Waals surface area contributed by atoms with Crippen molar-refractivity contribution in [3.8, 4) is 5.75 Å². The van der Waals surface area contributed by atoms with Gasteiger partial charge in [-0.25, -0.2) is 4.39 Å². The molecule has 1 aromatic rings. The standard InChI is InChI=1S/C14H18BrF2NO2/c1-3-4-18-10-7-12(14(10)19-2)20-11-6-8(15)5-9(16)13(11)17/h5-6,10,12,14,18H,3-4,7H2,1-2H3. The molecule has 1 fully saturated rings. The van der Waals surface area contributed by atoms with Crippen molar-refractivity contribution in [1.29, 1.82) is 0 Å². The molecule has 1 N–H and O–H groups in total. The van der Waals surface area contributed by atoms with Gasteiger partial charge >= 0.3 is 0 Å². The lowest BCUT2D eigenvalue weighted by atomic mass is 9.85. The summed E-state index contributed by atoms with van der Waals surface area (Å²) in [5.74, 6) is -1.98. The van der Waals surface area contributed by atoms with Crippen LogP contribution in [-0.2, 0) is 4.74 Å². The van der Waals surface area contributed by atoms with Crippen LogP contribution in [0, 0.1) is 11.6 Å². The van der Waals surface area contributed by atoms with E-state index in [4.69, 9.17) is 9.47 Å². The molecule has 0 saturated heterocycles. The van der Waals surface area contributed by atoms with Gasteiger partial charge in [0.2, 0.25) is 5.82 Å². The molecule has 1 saturated carbocycles. The van der Waals surface area contributed by atoms with Gasteiger partial charge in [0.05, 0.1) is 0 Å². The minimum atomic E-state index is -0.965. The van der Waals surface area contributed by atoms with E-state index in [2.05, 4.69) is 28.2 Å². The fraction of sp³-hybridized carbons (Fsp3) is 0.571. The third-order valence-electron chi connectivity index (χ3n) is 3.42. The lowest BCUT2D eigenvalue weighted by molar-refractivity contribution is -0.0899. The van der Waals surface area contributed by atoms with Crippen LogP contribution in [0.5, 0.6) is 5.75 Å². The van der Waals surface area contributed by atoms with Gasteiger partial charge in [0.15, 0.2) is 11.6 Å². The molecule has 3 unspecified atom stereocenters. The van der Waals surface area contributed by atoms with E-state index in [1.54, 1.807) is 7.11 Å². The fourth-order valence-electron chi connectivity index (χ4n) is 2.32. The SMILES string of the molecule is CCCNC1CC(Oc2cc(Br)cc(F)c2F)C1OC. The molecule has 3 atom stereocenters. The zero-order chi connectivity index (χ0) is 14.7. The quantitative estimate of drug-likeness (QED) is 0.799. The zero-order valence-electron chi connectivity index (χ0n) is 11.5. The predicted molar refractivity (Wildman–Crippen MR) is 76.0 cm³/mol. The first-order chi connectivity index (χ1) is 9.56. The maximum absolute atomic E-state index is 13.7. The number of benzene rings is 1. The number of ether oxygens (including phenoxy) is 2. The molecule has 0 heterocycles. The van der Waals surface area contributed by atoms with Gasteiger partial charge in [-0.2, -0.15) is 4.39 Å². The molecule has 1 aliphatic carbocycles. The van der Waals surface area contributed by atoms with E-state index < -0.39 is 11.6 Å². The van der Waals surface area contributed by atoms with Crippen molar-refractivity contribution in [2.75, 3.05) is 13.7 Å². The Morgan fingerprint density at radius 3 is 2.80 bits per heavy atom. The second-order valence-electron chi connectivity index (χ2n) is 4.85. The van der Waals surface area contributed by atoms with Crippen LogP contribution in [0.4, 0.5) is 8.78 Å². The summed E-state index contributed by atoms with van der Waals surface area (Å²) < 4.78 is 38.3.